The lowest BCUT2D eigenvalue weighted by atomic mass is 9.86. The fourth-order valence-electron chi connectivity index (χ4n) is 2.02. The summed E-state index contributed by atoms with van der Waals surface area (Å²) >= 11 is 1.67. The summed E-state index contributed by atoms with van der Waals surface area (Å²) < 4.78 is 5.20. The van der Waals surface area contributed by atoms with E-state index in [-0.39, 0.29) is 6.61 Å². The Morgan fingerprint density at radius 2 is 2.28 bits per heavy atom. The van der Waals surface area contributed by atoms with E-state index in [0.29, 0.717) is 19.0 Å². The van der Waals surface area contributed by atoms with Crippen molar-refractivity contribution in [3.63, 3.8) is 0 Å². The van der Waals surface area contributed by atoms with Gasteiger partial charge in [0.2, 0.25) is 0 Å². The molecule has 1 saturated heterocycles. The Hall–Kier alpha value is -1.30. The van der Waals surface area contributed by atoms with Crippen molar-refractivity contribution in [3.05, 3.63) is 35.1 Å². The lowest BCUT2D eigenvalue weighted by molar-refractivity contribution is -0.0883. The number of aryl methyl sites for hydroxylation is 1. The van der Waals surface area contributed by atoms with E-state index in [4.69, 9.17) is 4.74 Å². The number of aliphatic hydroxyl groups excluding tert-OH is 1. The number of ether oxygens (including phenoxy) is 1. The number of rotatable bonds is 3. The molecule has 0 bridgehead atoms. The molecule has 0 radical (unpaired) electrons. The molecule has 94 valence electrons. The predicted octanol–water partition coefficient (Wildman–Crippen LogP) is 1.77. The zero-order chi connectivity index (χ0) is 12.6. The van der Waals surface area contributed by atoms with Crippen molar-refractivity contribution < 1.29 is 9.84 Å². The van der Waals surface area contributed by atoms with Gasteiger partial charge in [-0.1, -0.05) is 0 Å². The summed E-state index contributed by atoms with van der Waals surface area (Å²) in [6.45, 7) is 3.09. The van der Waals surface area contributed by atoms with Gasteiger partial charge in [-0.25, -0.2) is 9.97 Å². The zero-order valence-corrected chi connectivity index (χ0v) is 10.9. The molecule has 1 N–H and O–H groups in total. The van der Waals surface area contributed by atoms with Crippen LogP contribution in [0.4, 0.5) is 0 Å². The first-order valence-corrected chi connectivity index (χ1v) is 6.70. The second-order valence-electron chi connectivity index (χ2n) is 4.63. The Bertz CT molecular complexity index is 558. The molecule has 0 amide bonds. The van der Waals surface area contributed by atoms with Crippen molar-refractivity contribution in [2.24, 2.45) is 0 Å². The van der Waals surface area contributed by atoms with Gasteiger partial charge >= 0.3 is 0 Å². The Balaban J connectivity index is 2.02. The van der Waals surface area contributed by atoms with Gasteiger partial charge in [-0.2, -0.15) is 0 Å². The number of aromatic nitrogens is 2. The number of hydrogen-bond donors (Lipinski definition) is 1. The standard InChI is InChI=1S/C13H14N2O2S/c1-9-3-5-18-11(9)10-2-4-14-12(15-10)13(6-16)7-17-8-13/h2-5,16H,6-8H2,1H3. The number of hydrogen-bond acceptors (Lipinski definition) is 5. The van der Waals surface area contributed by atoms with Crippen LogP contribution in [0.15, 0.2) is 23.7 Å². The summed E-state index contributed by atoms with van der Waals surface area (Å²) in [6.07, 6.45) is 1.76. The zero-order valence-electron chi connectivity index (χ0n) is 10.1. The van der Waals surface area contributed by atoms with Crippen molar-refractivity contribution >= 4 is 11.3 Å². The van der Waals surface area contributed by atoms with Crippen LogP contribution in [-0.4, -0.2) is 34.9 Å². The van der Waals surface area contributed by atoms with E-state index in [2.05, 4.69) is 28.3 Å². The van der Waals surface area contributed by atoms with E-state index in [1.165, 1.54) is 5.56 Å². The van der Waals surface area contributed by atoms with Gasteiger partial charge in [0.25, 0.3) is 0 Å². The smallest absolute Gasteiger partial charge is 0.142 e. The van der Waals surface area contributed by atoms with Crippen LogP contribution >= 0.6 is 11.3 Å². The summed E-state index contributed by atoms with van der Waals surface area (Å²) in [7, 11) is 0. The molecule has 0 saturated carbocycles. The first-order valence-electron chi connectivity index (χ1n) is 5.82. The third kappa shape index (κ3) is 1.75. The summed E-state index contributed by atoms with van der Waals surface area (Å²) in [5.41, 5.74) is 1.74. The molecule has 1 aliphatic heterocycles. The molecule has 0 spiro atoms. The Labute approximate surface area is 109 Å². The molecular weight excluding hydrogens is 248 g/mol. The van der Waals surface area contributed by atoms with Crippen LogP contribution in [0.3, 0.4) is 0 Å². The molecule has 18 heavy (non-hydrogen) atoms. The summed E-state index contributed by atoms with van der Waals surface area (Å²) in [6, 6.07) is 3.99. The van der Waals surface area contributed by atoms with Gasteiger partial charge in [-0.15, -0.1) is 11.3 Å². The average Bonchev–Trinajstić information content (AvgIpc) is 2.75. The van der Waals surface area contributed by atoms with Crippen LogP contribution in [0.2, 0.25) is 0 Å². The summed E-state index contributed by atoms with van der Waals surface area (Å²) in [5.74, 6) is 0.682. The SMILES string of the molecule is Cc1ccsc1-c1ccnc(C2(CO)COC2)n1. The highest BCUT2D eigenvalue weighted by molar-refractivity contribution is 7.13. The lowest BCUT2D eigenvalue weighted by Gasteiger charge is -2.38. The number of thiophene rings is 1. The quantitative estimate of drug-likeness (QED) is 0.916. The van der Waals surface area contributed by atoms with Gasteiger partial charge < -0.3 is 9.84 Å². The molecule has 0 aromatic carbocycles. The van der Waals surface area contributed by atoms with E-state index in [0.717, 1.165) is 10.6 Å². The van der Waals surface area contributed by atoms with Gasteiger partial charge in [0.05, 0.1) is 35.8 Å². The van der Waals surface area contributed by atoms with Crippen molar-refractivity contribution in [1.29, 1.82) is 0 Å². The monoisotopic (exact) mass is 262 g/mol. The highest BCUT2D eigenvalue weighted by Crippen LogP contribution is 2.32. The second-order valence-corrected chi connectivity index (χ2v) is 5.55. The van der Waals surface area contributed by atoms with Crippen LogP contribution < -0.4 is 0 Å². The van der Waals surface area contributed by atoms with Crippen LogP contribution in [0, 0.1) is 6.92 Å². The van der Waals surface area contributed by atoms with E-state index >= 15 is 0 Å². The highest BCUT2D eigenvalue weighted by atomic mass is 32.1. The minimum Gasteiger partial charge on any atom is -0.395 e. The molecule has 4 nitrogen and oxygen atoms in total. The van der Waals surface area contributed by atoms with E-state index in [1.54, 1.807) is 17.5 Å². The second kappa shape index (κ2) is 4.42. The lowest BCUT2D eigenvalue weighted by Crippen LogP contribution is -2.50. The normalized spacial score (nSPS) is 17.4. The molecule has 2 aromatic heterocycles. The Kier molecular flexibility index (Phi) is 2.89. The molecule has 3 rings (SSSR count). The summed E-state index contributed by atoms with van der Waals surface area (Å²) in [4.78, 5) is 10.1. The van der Waals surface area contributed by atoms with Gasteiger partial charge in [0.1, 0.15) is 5.82 Å². The van der Waals surface area contributed by atoms with Gasteiger partial charge in [-0.3, -0.25) is 0 Å². The maximum atomic E-state index is 9.51. The van der Waals surface area contributed by atoms with Crippen molar-refractivity contribution in [1.82, 2.24) is 9.97 Å². The maximum absolute atomic E-state index is 9.51. The Morgan fingerprint density at radius 1 is 1.44 bits per heavy atom. The topological polar surface area (TPSA) is 55.2 Å². The van der Waals surface area contributed by atoms with Crippen LogP contribution in [0.1, 0.15) is 11.4 Å². The maximum Gasteiger partial charge on any atom is 0.142 e. The van der Waals surface area contributed by atoms with Gasteiger partial charge in [0.15, 0.2) is 0 Å². The fourth-order valence-corrected chi connectivity index (χ4v) is 2.91. The molecule has 0 atom stereocenters. The van der Waals surface area contributed by atoms with Crippen LogP contribution in [-0.2, 0) is 10.2 Å². The Morgan fingerprint density at radius 3 is 2.83 bits per heavy atom. The van der Waals surface area contributed by atoms with E-state index < -0.39 is 5.41 Å². The molecule has 1 aliphatic rings. The third-order valence-corrected chi connectivity index (χ3v) is 4.32. The molecule has 1 fully saturated rings. The molecule has 5 heteroatoms. The van der Waals surface area contributed by atoms with Crippen molar-refractivity contribution in [2.45, 2.75) is 12.3 Å². The first kappa shape index (κ1) is 11.8. The third-order valence-electron chi connectivity index (χ3n) is 3.28. The molecular formula is C13H14N2O2S. The minimum atomic E-state index is -0.402. The van der Waals surface area contributed by atoms with Gasteiger partial charge in [0, 0.05) is 6.20 Å². The van der Waals surface area contributed by atoms with E-state index in [9.17, 15) is 5.11 Å². The highest BCUT2D eigenvalue weighted by Gasteiger charge is 2.42. The van der Waals surface area contributed by atoms with Crippen LogP contribution in [0.25, 0.3) is 10.6 Å². The van der Waals surface area contributed by atoms with Crippen molar-refractivity contribution in [2.75, 3.05) is 19.8 Å². The average molecular weight is 262 g/mol. The largest absolute Gasteiger partial charge is 0.395 e. The number of nitrogens with zero attached hydrogens (tertiary/aromatic N) is 2. The first-order chi connectivity index (χ1) is 8.75. The summed E-state index contributed by atoms with van der Waals surface area (Å²) in [5, 5.41) is 11.6. The molecule has 2 aromatic rings. The fraction of sp³-hybridized carbons (Fsp3) is 0.385. The molecule has 0 unspecified atom stereocenters. The van der Waals surface area contributed by atoms with Gasteiger partial charge in [-0.05, 0) is 30.0 Å². The number of aliphatic hydroxyl groups is 1. The molecule has 3 heterocycles. The van der Waals surface area contributed by atoms with E-state index in [1.807, 2.05) is 6.07 Å². The van der Waals surface area contributed by atoms with Crippen molar-refractivity contribution in [3.8, 4) is 10.6 Å². The predicted molar refractivity (Wildman–Crippen MR) is 69.7 cm³/mol. The molecule has 0 aliphatic carbocycles. The minimum absolute atomic E-state index is 0.0277. The van der Waals surface area contributed by atoms with Crippen LogP contribution in [0.5, 0.6) is 0 Å².